The number of carbonyl (C=O) groups excluding carboxylic acids is 2. The first kappa shape index (κ1) is 19.1. The van der Waals surface area contributed by atoms with Gasteiger partial charge in [0.05, 0.1) is 17.2 Å². The van der Waals surface area contributed by atoms with Crippen molar-refractivity contribution in [1.82, 2.24) is 10.2 Å². The van der Waals surface area contributed by atoms with Crippen LogP contribution in [0.2, 0.25) is 10.0 Å². The maximum absolute atomic E-state index is 12.3. The Kier molecular flexibility index (Phi) is 6.26. The van der Waals surface area contributed by atoms with Crippen molar-refractivity contribution in [3.05, 3.63) is 33.4 Å². The second-order valence-corrected chi connectivity index (χ2v) is 5.96. The number of nitrogens with one attached hydrogen (secondary N) is 1. The monoisotopic (exact) mass is 398 g/mol. The van der Waals surface area contributed by atoms with Crippen molar-refractivity contribution in [3.63, 3.8) is 0 Å². The molecule has 0 aliphatic carbocycles. The molecule has 0 spiro atoms. The smallest absolute Gasteiger partial charge is 0.325 e. The molecule has 1 heterocycles. The Labute approximate surface area is 159 Å². The van der Waals surface area contributed by atoms with Crippen molar-refractivity contribution < 1.29 is 19.1 Å². The number of rotatable bonds is 5. The van der Waals surface area contributed by atoms with E-state index >= 15 is 0 Å². The van der Waals surface area contributed by atoms with Gasteiger partial charge in [-0.1, -0.05) is 29.1 Å². The molecular weight excluding hydrogens is 387 g/mol. The van der Waals surface area contributed by atoms with Gasteiger partial charge in [-0.05, 0) is 36.0 Å². The van der Waals surface area contributed by atoms with Crippen molar-refractivity contribution in [3.8, 4) is 18.1 Å². The van der Waals surface area contributed by atoms with E-state index in [9.17, 15) is 9.59 Å². The second kappa shape index (κ2) is 8.21. The van der Waals surface area contributed by atoms with E-state index in [0.717, 1.165) is 4.90 Å². The number of ether oxygens (including phenoxy) is 2. The van der Waals surface area contributed by atoms with Crippen molar-refractivity contribution >= 4 is 58.5 Å². The lowest BCUT2D eigenvalue weighted by molar-refractivity contribution is -0.143. The van der Waals surface area contributed by atoms with Gasteiger partial charge in [-0.25, -0.2) is 0 Å². The normalized spacial score (nSPS) is 15.1. The highest BCUT2D eigenvalue weighted by Crippen LogP contribution is 2.35. The molecule has 1 aliphatic heterocycles. The van der Waals surface area contributed by atoms with Gasteiger partial charge in [-0.2, -0.15) is 0 Å². The van der Waals surface area contributed by atoms with E-state index in [1.54, 1.807) is 12.1 Å². The van der Waals surface area contributed by atoms with Crippen LogP contribution in [-0.4, -0.2) is 42.2 Å². The summed E-state index contributed by atoms with van der Waals surface area (Å²) in [6.07, 6.45) is 6.64. The van der Waals surface area contributed by atoms with Gasteiger partial charge in [-0.3, -0.25) is 14.5 Å². The molecule has 0 radical (unpaired) electrons. The zero-order chi connectivity index (χ0) is 18.6. The Morgan fingerprint density at radius 3 is 2.64 bits per heavy atom. The molecule has 1 aromatic carbocycles. The minimum absolute atomic E-state index is 0.0245. The van der Waals surface area contributed by atoms with Crippen molar-refractivity contribution in [2.24, 2.45) is 0 Å². The molecule has 1 saturated heterocycles. The van der Waals surface area contributed by atoms with Crippen LogP contribution in [0.15, 0.2) is 17.8 Å². The van der Waals surface area contributed by atoms with Crippen LogP contribution < -0.4 is 10.1 Å². The average Bonchev–Trinajstić information content (AvgIpc) is 2.81. The molecule has 1 fully saturated rings. The Morgan fingerprint density at radius 2 is 2.08 bits per heavy atom. The first-order valence-electron chi connectivity index (χ1n) is 6.84. The fourth-order valence-electron chi connectivity index (χ4n) is 1.99. The average molecular weight is 399 g/mol. The van der Waals surface area contributed by atoms with Gasteiger partial charge < -0.3 is 14.8 Å². The Morgan fingerprint density at radius 1 is 1.44 bits per heavy atom. The molecule has 0 bridgehead atoms. The zero-order valence-electron chi connectivity index (χ0n) is 13.0. The molecule has 0 aromatic heterocycles. The van der Waals surface area contributed by atoms with E-state index in [-0.39, 0.29) is 39.8 Å². The quantitative estimate of drug-likeness (QED) is 0.355. The second-order valence-electron chi connectivity index (χ2n) is 4.76. The lowest BCUT2D eigenvalue weighted by Crippen LogP contribution is -2.35. The van der Waals surface area contributed by atoms with Crippen molar-refractivity contribution in [2.75, 3.05) is 20.3 Å². The fourth-order valence-corrected chi connectivity index (χ4v) is 2.86. The Bertz CT molecular complexity index is 794. The first-order chi connectivity index (χ1) is 11.9. The molecule has 6 nitrogen and oxygen atoms in total. The van der Waals surface area contributed by atoms with Crippen LogP contribution in [0.3, 0.4) is 0 Å². The number of hydrogen-bond donors (Lipinski definition) is 1. The summed E-state index contributed by atoms with van der Waals surface area (Å²) in [7, 11) is 1.23. The molecule has 1 aliphatic rings. The summed E-state index contributed by atoms with van der Waals surface area (Å²) in [6.45, 7) is -0.254. The van der Waals surface area contributed by atoms with Gasteiger partial charge in [0.15, 0.2) is 10.9 Å². The van der Waals surface area contributed by atoms with Crippen LogP contribution in [0, 0.1) is 12.3 Å². The number of thiocarbonyl (C=S) groups is 1. The molecule has 1 aromatic rings. The van der Waals surface area contributed by atoms with E-state index in [0.29, 0.717) is 5.56 Å². The molecule has 0 unspecified atom stereocenters. The van der Waals surface area contributed by atoms with Crippen LogP contribution in [0.25, 0.3) is 6.08 Å². The standard InChI is InChI=1S/C16H12Cl2N2O4S/c1-3-4-24-14-10(17)5-9(6-11(14)18)7-12-15(22)20(16(25)19-12)8-13(21)23-2/h1,5-7H,4,8H2,2H3,(H,19,25)/b12-7-. The lowest BCUT2D eigenvalue weighted by atomic mass is 10.1. The summed E-state index contributed by atoms with van der Waals surface area (Å²) in [5, 5.41) is 3.33. The summed E-state index contributed by atoms with van der Waals surface area (Å²) >= 11 is 17.3. The number of hydrogen-bond acceptors (Lipinski definition) is 5. The van der Waals surface area contributed by atoms with Gasteiger partial charge in [0.2, 0.25) is 0 Å². The number of terminal acetylenes is 1. The summed E-state index contributed by atoms with van der Waals surface area (Å²) < 4.78 is 9.81. The fraction of sp³-hybridized carbons (Fsp3) is 0.188. The number of esters is 1. The zero-order valence-corrected chi connectivity index (χ0v) is 15.3. The van der Waals surface area contributed by atoms with E-state index in [2.05, 4.69) is 16.0 Å². The molecule has 130 valence electrons. The predicted molar refractivity (Wildman–Crippen MR) is 98.2 cm³/mol. The maximum atomic E-state index is 12.3. The predicted octanol–water partition coefficient (Wildman–Crippen LogP) is 2.24. The molecule has 0 saturated carbocycles. The molecular formula is C16H12Cl2N2O4S. The number of benzene rings is 1. The van der Waals surface area contributed by atoms with E-state index < -0.39 is 11.9 Å². The molecule has 1 amide bonds. The topological polar surface area (TPSA) is 67.9 Å². The third-order valence-electron chi connectivity index (χ3n) is 3.11. The van der Waals surface area contributed by atoms with Gasteiger partial charge in [0.1, 0.15) is 18.8 Å². The number of amides is 1. The molecule has 1 N–H and O–H groups in total. The number of nitrogens with zero attached hydrogens (tertiary/aromatic N) is 1. The van der Waals surface area contributed by atoms with Crippen molar-refractivity contribution in [2.45, 2.75) is 0 Å². The van der Waals surface area contributed by atoms with Gasteiger partial charge >= 0.3 is 5.97 Å². The van der Waals surface area contributed by atoms with Crippen LogP contribution in [0.4, 0.5) is 0 Å². The SMILES string of the molecule is C#CCOc1c(Cl)cc(/C=C2\NC(=S)N(CC(=O)OC)C2=O)cc1Cl. The minimum atomic E-state index is -0.583. The summed E-state index contributed by atoms with van der Waals surface area (Å²) in [6, 6.07) is 3.13. The summed E-state index contributed by atoms with van der Waals surface area (Å²) in [5.74, 6) is 1.53. The Balaban J connectivity index is 2.26. The van der Waals surface area contributed by atoms with Crippen LogP contribution in [0.5, 0.6) is 5.75 Å². The lowest BCUT2D eigenvalue weighted by Gasteiger charge is -2.11. The van der Waals surface area contributed by atoms with Crippen LogP contribution in [0.1, 0.15) is 5.56 Å². The Hall–Kier alpha value is -2.27. The van der Waals surface area contributed by atoms with Gasteiger partial charge in [0, 0.05) is 0 Å². The third kappa shape index (κ3) is 4.42. The largest absolute Gasteiger partial charge is 0.478 e. The maximum Gasteiger partial charge on any atom is 0.325 e. The number of carbonyl (C=O) groups is 2. The molecule has 9 heteroatoms. The number of halogens is 2. The highest BCUT2D eigenvalue weighted by atomic mass is 35.5. The molecule has 25 heavy (non-hydrogen) atoms. The highest BCUT2D eigenvalue weighted by molar-refractivity contribution is 7.80. The third-order valence-corrected chi connectivity index (χ3v) is 3.99. The van der Waals surface area contributed by atoms with Gasteiger partial charge in [-0.15, -0.1) is 6.42 Å². The number of methoxy groups -OCH3 is 1. The van der Waals surface area contributed by atoms with E-state index in [4.69, 9.17) is 46.6 Å². The van der Waals surface area contributed by atoms with Crippen LogP contribution in [-0.2, 0) is 14.3 Å². The van der Waals surface area contributed by atoms with E-state index in [1.807, 2.05) is 0 Å². The van der Waals surface area contributed by atoms with Gasteiger partial charge in [0.25, 0.3) is 5.91 Å². The first-order valence-corrected chi connectivity index (χ1v) is 8.00. The van der Waals surface area contributed by atoms with E-state index in [1.165, 1.54) is 13.2 Å². The summed E-state index contributed by atoms with van der Waals surface area (Å²) in [5.41, 5.74) is 0.722. The highest BCUT2D eigenvalue weighted by Gasteiger charge is 2.32. The van der Waals surface area contributed by atoms with Crippen LogP contribution >= 0.6 is 35.4 Å². The molecule has 2 rings (SSSR count). The summed E-state index contributed by atoms with van der Waals surface area (Å²) in [4.78, 5) is 24.8. The minimum Gasteiger partial charge on any atom is -0.478 e. The van der Waals surface area contributed by atoms with Crippen molar-refractivity contribution in [1.29, 1.82) is 0 Å². The molecule has 0 atom stereocenters.